The molecular formula is C20H19ClN2O4S2. The molecule has 152 valence electrons. The molecule has 0 aliphatic carbocycles. The molecule has 6 nitrogen and oxygen atoms in total. The predicted molar refractivity (Wildman–Crippen MR) is 115 cm³/mol. The highest BCUT2D eigenvalue weighted by atomic mass is 35.5. The Kier molecular flexibility index (Phi) is 6.79. The van der Waals surface area contributed by atoms with Crippen molar-refractivity contribution in [3.05, 3.63) is 75.4 Å². The highest BCUT2D eigenvalue weighted by molar-refractivity contribution is 7.92. The summed E-state index contributed by atoms with van der Waals surface area (Å²) in [7, 11) is -3.98. The van der Waals surface area contributed by atoms with Crippen molar-refractivity contribution >= 4 is 44.6 Å². The number of nitrogens with one attached hydrogen (secondary N) is 2. The van der Waals surface area contributed by atoms with Gasteiger partial charge in [-0.15, -0.1) is 0 Å². The van der Waals surface area contributed by atoms with Gasteiger partial charge in [-0.3, -0.25) is 9.52 Å². The molecule has 3 rings (SSSR count). The zero-order valence-corrected chi connectivity index (χ0v) is 17.9. The number of rotatable bonds is 8. The van der Waals surface area contributed by atoms with Gasteiger partial charge in [0.25, 0.3) is 15.9 Å². The Bertz CT molecular complexity index is 1080. The normalized spacial score (nSPS) is 11.1. The van der Waals surface area contributed by atoms with E-state index in [1.807, 2.05) is 23.8 Å². The molecule has 3 aromatic rings. The average molecular weight is 451 g/mol. The molecule has 0 aliphatic heterocycles. The number of hydrogen-bond acceptors (Lipinski definition) is 5. The van der Waals surface area contributed by atoms with Crippen LogP contribution in [-0.4, -0.2) is 20.9 Å². The molecular weight excluding hydrogens is 432 g/mol. The van der Waals surface area contributed by atoms with E-state index in [0.717, 1.165) is 5.56 Å². The smallest absolute Gasteiger partial charge is 0.263 e. The van der Waals surface area contributed by atoms with Crippen LogP contribution >= 0.6 is 22.9 Å². The topological polar surface area (TPSA) is 84.5 Å². The number of halogens is 1. The Hall–Kier alpha value is -2.55. The predicted octanol–water partition coefficient (Wildman–Crippen LogP) is 4.53. The summed E-state index contributed by atoms with van der Waals surface area (Å²) in [5, 5.41) is 6.64. The van der Waals surface area contributed by atoms with Crippen molar-refractivity contribution in [2.45, 2.75) is 18.4 Å². The van der Waals surface area contributed by atoms with Crippen LogP contribution in [0.3, 0.4) is 0 Å². The fourth-order valence-corrected chi connectivity index (χ4v) is 4.78. The standard InChI is InChI=1S/C20H19ClN2O4S2/c1-2-27-17-6-4-16(5-7-17)23-29(25,26)19-11-15(3-8-18(19)21)20(24)22-12-14-9-10-28-13-14/h3-11,13,23H,2,12H2,1H3,(H,22,24). The molecule has 1 aromatic heterocycles. The number of anilines is 1. The second-order valence-corrected chi connectivity index (χ2v) is 8.86. The molecule has 9 heteroatoms. The maximum absolute atomic E-state index is 12.8. The lowest BCUT2D eigenvalue weighted by Gasteiger charge is -2.12. The van der Waals surface area contributed by atoms with Gasteiger partial charge in [-0.1, -0.05) is 11.6 Å². The first-order valence-corrected chi connectivity index (χ1v) is 11.5. The van der Waals surface area contributed by atoms with E-state index >= 15 is 0 Å². The third-order valence-corrected chi connectivity index (χ3v) is 6.53. The van der Waals surface area contributed by atoms with Gasteiger partial charge in [-0.05, 0) is 71.8 Å². The van der Waals surface area contributed by atoms with E-state index in [4.69, 9.17) is 16.3 Å². The Morgan fingerprint density at radius 1 is 1.14 bits per heavy atom. The van der Waals surface area contributed by atoms with Gasteiger partial charge in [0.15, 0.2) is 0 Å². The number of carbonyl (C=O) groups is 1. The lowest BCUT2D eigenvalue weighted by Crippen LogP contribution is -2.23. The van der Waals surface area contributed by atoms with Crippen LogP contribution in [0, 0.1) is 0 Å². The van der Waals surface area contributed by atoms with Crippen LogP contribution in [0.1, 0.15) is 22.8 Å². The van der Waals surface area contributed by atoms with Gasteiger partial charge in [-0.2, -0.15) is 11.3 Å². The summed E-state index contributed by atoms with van der Waals surface area (Å²) in [6.45, 7) is 2.74. The number of amides is 1. The molecule has 0 bridgehead atoms. The highest BCUT2D eigenvalue weighted by Crippen LogP contribution is 2.26. The number of thiophene rings is 1. The molecule has 0 unspecified atom stereocenters. The van der Waals surface area contributed by atoms with Gasteiger partial charge >= 0.3 is 0 Å². The van der Waals surface area contributed by atoms with Gasteiger partial charge < -0.3 is 10.1 Å². The Balaban J connectivity index is 1.77. The first-order valence-electron chi connectivity index (χ1n) is 8.73. The molecule has 1 amide bonds. The van der Waals surface area contributed by atoms with Crippen molar-refractivity contribution in [2.24, 2.45) is 0 Å². The summed E-state index contributed by atoms with van der Waals surface area (Å²) in [4.78, 5) is 12.2. The van der Waals surface area contributed by atoms with Crippen LogP contribution in [0.2, 0.25) is 5.02 Å². The first-order chi connectivity index (χ1) is 13.9. The van der Waals surface area contributed by atoms with Gasteiger partial charge in [0.05, 0.1) is 11.6 Å². The minimum Gasteiger partial charge on any atom is -0.494 e. The second-order valence-electron chi connectivity index (χ2n) is 6.02. The third-order valence-electron chi connectivity index (χ3n) is 3.93. The number of ether oxygens (including phenoxy) is 1. The first kappa shape index (κ1) is 21.2. The molecule has 2 aromatic carbocycles. The largest absolute Gasteiger partial charge is 0.494 e. The van der Waals surface area contributed by atoms with E-state index in [2.05, 4.69) is 10.0 Å². The Morgan fingerprint density at radius 3 is 2.55 bits per heavy atom. The Labute approximate surface area is 178 Å². The average Bonchev–Trinajstić information content (AvgIpc) is 3.21. The van der Waals surface area contributed by atoms with Crippen LogP contribution < -0.4 is 14.8 Å². The van der Waals surface area contributed by atoms with E-state index < -0.39 is 10.0 Å². The third kappa shape index (κ3) is 5.50. The van der Waals surface area contributed by atoms with Crippen LogP contribution in [0.15, 0.2) is 64.2 Å². The lowest BCUT2D eigenvalue weighted by atomic mass is 10.2. The number of hydrogen-bond donors (Lipinski definition) is 2. The molecule has 0 aliphatic rings. The fourth-order valence-electron chi connectivity index (χ4n) is 2.52. The van der Waals surface area contributed by atoms with Gasteiger partial charge in [0.2, 0.25) is 0 Å². The molecule has 0 atom stereocenters. The van der Waals surface area contributed by atoms with Crippen molar-refractivity contribution in [2.75, 3.05) is 11.3 Å². The highest BCUT2D eigenvalue weighted by Gasteiger charge is 2.20. The summed E-state index contributed by atoms with van der Waals surface area (Å²) < 4.78 is 33.4. The maximum Gasteiger partial charge on any atom is 0.263 e. The molecule has 0 saturated heterocycles. The molecule has 0 saturated carbocycles. The SMILES string of the molecule is CCOc1ccc(NS(=O)(=O)c2cc(C(=O)NCc3ccsc3)ccc2Cl)cc1. The Morgan fingerprint density at radius 2 is 1.90 bits per heavy atom. The van der Waals surface area contributed by atoms with E-state index in [-0.39, 0.29) is 21.4 Å². The van der Waals surface area contributed by atoms with Crippen LogP contribution in [-0.2, 0) is 16.6 Å². The summed E-state index contributed by atoms with van der Waals surface area (Å²) in [6.07, 6.45) is 0. The summed E-state index contributed by atoms with van der Waals surface area (Å²) in [5.74, 6) is 0.253. The van der Waals surface area contributed by atoms with Gasteiger partial charge in [0.1, 0.15) is 10.6 Å². The fraction of sp³-hybridized carbons (Fsp3) is 0.150. The molecule has 0 fully saturated rings. The number of benzene rings is 2. The van der Waals surface area contributed by atoms with Crippen molar-refractivity contribution in [1.29, 1.82) is 0 Å². The zero-order chi connectivity index (χ0) is 20.9. The van der Waals surface area contributed by atoms with E-state index in [1.54, 1.807) is 24.3 Å². The van der Waals surface area contributed by atoms with Crippen molar-refractivity contribution in [3.8, 4) is 5.75 Å². The minimum atomic E-state index is -3.98. The minimum absolute atomic E-state index is 0.0258. The molecule has 2 N–H and O–H groups in total. The summed E-state index contributed by atoms with van der Waals surface area (Å²) >= 11 is 7.64. The molecule has 1 heterocycles. The van der Waals surface area contributed by atoms with Crippen molar-refractivity contribution in [1.82, 2.24) is 5.32 Å². The molecule has 0 spiro atoms. The van der Waals surface area contributed by atoms with Crippen LogP contribution in [0.4, 0.5) is 5.69 Å². The second kappa shape index (κ2) is 9.30. The monoisotopic (exact) mass is 450 g/mol. The van der Waals surface area contributed by atoms with Gasteiger partial charge in [0, 0.05) is 17.8 Å². The summed E-state index contributed by atoms with van der Waals surface area (Å²) in [6, 6.07) is 12.6. The lowest BCUT2D eigenvalue weighted by molar-refractivity contribution is 0.0950. The van der Waals surface area contributed by atoms with E-state index in [1.165, 1.54) is 29.5 Å². The number of sulfonamides is 1. The zero-order valence-electron chi connectivity index (χ0n) is 15.5. The summed E-state index contributed by atoms with van der Waals surface area (Å²) in [5.41, 5.74) is 1.54. The van der Waals surface area contributed by atoms with Gasteiger partial charge in [-0.25, -0.2) is 8.42 Å². The van der Waals surface area contributed by atoms with E-state index in [0.29, 0.717) is 24.6 Å². The van der Waals surface area contributed by atoms with Crippen LogP contribution in [0.5, 0.6) is 5.75 Å². The molecule has 0 radical (unpaired) electrons. The molecule has 29 heavy (non-hydrogen) atoms. The van der Waals surface area contributed by atoms with Crippen molar-refractivity contribution < 1.29 is 17.9 Å². The van der Waals surface area contributed by atoms with Crippen molar-refractivity contribution in [3.63, 3.8) is 0 Å². The number of carbonyl (C=O) groups excluding carboxylic acids is 1. The quantitative estimate of drug-likeness (QED) is 0.528. The van der Waals surface area contributed by atoms with E-state index in [9.17, 15) is 13.2 Å². The van der Waals surface area contributed by atoms with Crippen LogP contribution in [0.25, 0.3) is 0 Å². The maximum atomic E-state index is 12.8.